The van der Waals surface area contributed by atoms with Gasteiger partial charge in [0.1, 0.15) is 6.61 Å². The molecule has 1 aliphatic carbocycles. The van der Waals surface area contributed by atoms with Gasteiger partial charge in [0, 0.05) is 21.7 Å². The Kier molecular flexibility index (Phi) is 5.77. The van der Waals surface area contributed by atoms with Gasteiger partial charge in [-0.3, -0.25) is 14.2 Å². The summed E-state index contributed by atoms with van der Waals surface area (Å²) in [5, 5.41) is 1.54. The maximum Gasteiger partial charge on any atom is 0.313 e. The molecule has 0 aliphatic heterocycles. The highest BCUT2D eigenvalue weighted by Crippen LogP contribution is 2.40. The average Bonchev–Trinajstić information content (AvgIpc) is 3.17. The van der Waals surface area contributed by atoms with E-state index in [9.17, 15) is 9.59 Å². The van der Waals surface area contributed by atoms with Crippen molar-refractivity contribution in [2.75, 3.05) is 0 Å². The van der Waals surface area contributed by atoms with Crippen LogP contribution in [0.4, 0.5) is 0 Å². The number of esters is 1. The molecule has 0 bridgehead atoms. The molecule has 4 aromatic rings. The van der Waals surface area contributed by atoms with Crippen LogP contribution >= 0.6 is 11.6 Å². The third-order valence-electron chi connectivity index (χ3n) is 6.32. The van der Waals surface area contributed by atoms with Gasteiger partial charge in [-0.15, -0.1) is 0 Å². The van der Waals surface area contributed by atoms with Gasteiger partial charge in [-0.25, -0.2) is 0 Å². The Hall–Kier alpha value is -3.37. The summed E-state index contributed by atoms with van der Waals surface area (Å²) >= 11 is 6.03. The predicted molar refractivity (Wildman–Crippen MR) is 130 cm³/mol. The average molecular weight is 458 g/mol. The maximum absolute atomic E-state index is 13.6. The van der Waals surface area contributed by atoms with Crippen LogP contribution in [0.25, 0.3) is 10.9 Å². The Labute approximate surface area is 197 Å². The Morgan fingerprint density at radius 3 is 2.55 bits per heavy atom. The van der Waals surface area contributed by atoms with E-state index in [1.165, 1.54) is 0 Å². The highest BCUT2D eigenvalue weighted by atomic mass is 35.5. The minimum absolute atomic E-state index is 0.111. The minimum atomic E-state index is -0.388. The lowest BCUT2D eigenvalue weighted by atomic mass is 9.85. The molecule has 1 aromatic heterocycles. The summed E-state index contributed by atoms with van der Waals surface area (Å²) in [6.07, 6.45) is 2.27. The van der Waals surface area contributed by atoms with Gasteiger partial charge < -0.3 is 4.74 Å². The zero-order valence-electron chi connectivity index (χ0n) is 18.4. The van der Waals surface area contributed by atoms with Crippen LogP contribution in [0.5, 0.6) is 0 Å². The summed E-state index contributed by atoms with van der Waals surface area (Å²) in [6.45, 7) is 2.27. The van der Waals surface area contributed by atoms with E-state index in [0.29, 0.717) is 17.0 Å². The van der Waals surface area contributed by atoms with E-state index in [4.69, 9.17) is 16.3 Å². The molecule has 0 saturated carbocycles. The zero-order chi connectivity index (χ0) is 22.9. The first-order chi connectivity index (χ1) is 16.0. The van der Waals surface area contributed by atoms with E-state index in [-0.39, 0.29) is 24.4 Å². The van der Waals surface area contributed by atoms with Gasteiger partial charge in [0.2, 0.25) is 0 Å². The standard InChI is InChI=1S/C28H24ClNO3/c1-18-10-15-24-23(16-18)26-22(28(32)33-17-19-6-3-2-4-7-19)8-5-9-25(26)30(24)27(31)20-11-13-21(29)14-12-20/h2-4,6-7,10-16,22H,5,8-9,17H2,1H3. The van der Waals surface area contributed by atoms with Crippen molar-refractivity contribution < 1.29 is 14.3 Å². The van der Waals surface area contributed by atoms with Crippen LogP contribution < -0.4 is 0 Å². The topological polar surface area (TPSA) is 48.3 Å². The van der Waals surface area contributed by atoms with Crippen LogP contribution in [0.1, 0.15) is 51.5 Å². The molecule has 33 heavy (non-hydrogen) atoms. The Morgan fingerprint density at radius 1 is 1.03 bits per heavy atom. The second kappa shape index (κ2) is 8.87. The van der Waals surface area contributed by atoms with Gasteiger partial charge >= 0.3 is 5.97 Å². The third-order valence-corrected chi connectivity index (χ3v) is 6.57. The van der Waals surface area contributed by atoms with E-state index < -0.39 is 0 Å². The van der Waals surface area contributed by atoms with Crippen LogP contribution in [-0.4, -0.2) is 16.4 Å². The monoisotopic (exact) mass is 457 g/mol. The molecule has 1 aliphatic rings. The number of rotatable bonds is 4. The van der Waals surface area contributed by atoms with Gasteiger partial charge in [0.05, 0.1) is 11.4 Å². The Morgan fingerprint density at radius 2 is 1.79 bits per heavy atom. The SMILES string of the molecule is Cc1ccc2c(c1)c1c(n2C(=O)c2ccc(Cl)cc2)CCCC1C(=O)OCc1ccccc1. The van der Waals surface area contributed by atoms with Crippen molar-refractivity contribution in [1.82, 2.24) is 4.57 Å². The molecule has 1 atom stereocenters. The number of ether oxygens (including phenoxy) is 1. The van der Waals surface area contributed by atoms with Crippen molar-refractivity contribution in [2.45, 2.75) is 38.7 Å². The number of benzene rings is 3. The molecule has 0 fully saturated rings. The van der Waals surface area contributed by atoms with Crippen LogP contribution in [0.3, 0.4) is 0 Å². The molecule has 0 radical (unpaired) electrons. The molecular weight excluding hydrogens is 434 g/mol. The predicted octanol–water partition coefficient (Wildman–Crippen LogP) is 6.45. The number of aromatic nitrogens is 1. The first kappa shape index (κ1) is 21.5. The molecule has 5 rings (SSSR count). The highest BCUT2D eigenvalue weighted by Gasteiger charge is 2.34. The molecule has 3 aromatic carbocycles. The number of halogens is 1. The number of carbonyl (C=O) groups excluding carboxylic acids is 2. The first-order valence-corrected chi connectivity index (χ1v) is 11.6. The molecule has 0 amide bonds. The number of aryl methyl sites for hydroxylation is 1. The lowest BCUT2D eigenvalue weighted by molar-refractivity contribution is -0.147. The summed E-state index contributed by atoms with van der Waals surface area (Å²) in [6, 6.07) is 22.7. The number of fused-ring (bicyclic) bond motifs is 3. The van der Waals surface area contributed by atoms with Crippen molar-refractivity contribution in [2.24, 2.45) is 0 Å². The molecule has 5 heteroatoms. The largest absolute Gasteiger partial charge is 0.460 e. The number of hydrogen-bond donors (Lipinski definition) is 0. The summed E-state index contributed by atoms with van der Waals surface area (Å²) < 4.78 is 7.51. The normalized spacial score (nSPS) is 15.3. The van der Waals surface area contributed by atoms with Crippen molar-refractivity contribution in [3.8, 4) is 0 Å². The molecule has 0 spiro atoms. The van der Waals surface area contributed by atoms with E-state index in [0.717, 1.165) is 46.1 Å². The van der Waals surface area contributed by atoms with Gasteiger partial charge in [-0.1, -0.05) is 53.6 Å². The molecular formula is C28H24ClNO3. The van der Waals surface area contributed by atoms with Gasteiger partial charge in [0.25, 0.3) is 5.91 Å². The van der Waals surface area contributed by atoms with E-state index in [1.807, 2.05) is 49.4 Å². The highest BCUT2D eigenvalue weighted by molar-refractivity contribution is 6.30. The second-order valence-electron chi connectivity index (χ2n) is 8.57. The lowest BCUT2D eigenvalue weighted by Crippen LogP contribution is -2.23. The number of carbonyl (C=O) groups is 2. The molecule has 0 saturated heterocycles. The smallest absolute Gasteiger partial charge is 0.313 e. The first-order valence-electron chi connectivity index (χ1n) is 11.2. The number of nitrogens with zero attached hydrogens (tertiary/aromatic N) is 1. The quantitative estimate of drug-likeness (QED) is 0.330. The Balaban J connectivity index is 1.57. The fraction of sp³-hybridized carbons (Fsp3) is 0.214. The summed E-state index contributed by atoms with van der Waals surface area (Å²) in [5.74, 6) is -0.736. The molecule has 1 heterocycles. The minimum Gasteiger partial charge on any atom is -0.460 e. The van der Waals surface area contributed by atoms with Gasteiger partial charge in [-0.2, -0.15) is 0 Å². The van der Waals surface area contributed by atoms with Crippen molar-refractivity contribution in [1.29, 1.82) is 0 Å². The molecule has 0 N–H and O–H groups in total. The zero-order valence-corrected chi connectivity index (χ0v) is 19.1. The number of hydrogen-bond acceptors (Lipinski definition) is 3. The van der Waals surface area contributed by atoms with E-state index in [2.05, 4.69) is 6.07 Å². The van der Waals surface area contributed by atoms with Crippen LogP contribution in [0, 0.1) is 6.92 Å². The van der Waals surface area contributed by atoms with Crippen LogP contribution in [0.15, 0.2) is 72.8 Å². The van der Waals surface area contributed by atoms with Crippen molar-refractivity contribution in [3.63, 3.8) is 0 Å². The summed E-state index contributed by atoms with van der Waals surface area (Å²) in [7, 11) is 0. The van der Waals surface area contributed by atoms with Crippen LogP contribution in [0.2, 0.25) is 5.02 Å². The summed E-state index contributed by atoms with van der Waals surface area (Å²) in [4.78, 5) is 26.8. The van der Waals surface area contributed by atoms with Crippen molar-refractivity contribution in [3.05, 3.63) is 106 Å². The van der Waals surface area contributed by atoms with E-state index in [1.54, 1.807) is 28.8 Å². The maximum atomic E-state index is 13.6. The molecule has 1 unspecified atom stereocenters. The second-order valence-corrected chi connectivity index (χ2v) is 9.00. The van der Waals surface area contributed by atoms with Crippen molar-refractivity contribution >= 4 is 34.4 Å². The van der Waals surface area contributed by atoms with Gasteiger partial charge in [-0.05, 0) is 73.7 Å². The van der Waals surface area contributed by atoms with E-state index >= 15 is 0 Å². The fourth-order valence-electron chi connectivity index (χ4n) is 4.75. The van der Waals surface area contributed by atoms with Gasteiger partial charge in [0.15, 0.2) is 0 Å². The summed E-state index contributed by atoms with van der Waals surface area (Å²) in [5.41, 5.74) is 5.27. The Bertz CT molecular complexity index is 1340. The van der Waals surface area contributed by atoms with Crippen LogP contribution in [-0.2, 0) is 22.6 Å². The molecule has 166 valence electrons. The third kappa shape index (κ3) is 4.07. The fourth-order valence-corrected chi connectivity index (χ4v) is 4.88. The lowest BCUT2D eigenvalue weighted by Gasteiger charge is -2.23. The molecule has 4 nitrogen and oxygen atoms in total.